The number of nitrogens with one attached hydrogen (secondary N) is 2. The van der Waals surface area contributed by atoms with Crippen molar-refractivity contribution in [3.8, 4) is 17.6 Å². The Morgan fingerprint density at radius 2 is 2.08 bits per heavy atom. The molecule has 0 saturated heterocycles. The van der Waals surface area contributed by atoms with Crippen LogP contribution in [0.5, 0.6) is 11.5 Å². The zero-order valence-corrected chi connectivity index (χ0v) is 12.9. The number of aromatic nitrogens is 3. The van der Waals surface area contributed by atoms with Crippen LogP contribution in [0.4, 0.5) is 5.95 Å². The van der Waals surface area contributed by atoms with Crippen molar-refractivity contribution in [2.75, 3.05) is 5.32 Å². The van der Waals surface area contributed by atoms with Gasteiger partial charge in [0.1, 0.15) is 23.9 Å². The van der Waals surface area contributed by atoms with Gasteiger partial charge in [-0.15, -0.1) is 0 Å². The van der Waals surface area contributed by atoms with E-state index >= 15 is 0 Å². The second-order valence-corrected chi connectivity index (χ2v) is 5.05. The quantitative estimate of drug-likeness (QED) is 0.758. The summed E-state index contributed by atoms with van der Waals surface area (Å²) in [6, 6.07) is 13.4. The van der Waals surface area contributed by atoms with Gasteiger partial charge in [-0.1, -0.05) is 23.7 Å². The molecule has 0 aliphatic rings. The van der Waals surface area contributed by atoms with Gasteiger partial charge < -0.3 is 4.74 Å². The van der Waals surface area contributed by atoms with Crippen LogP contribution < -0.4 is 10.1 Å². The highest BCUT2D eigenvalue weighted by Crippen LogP contribution is 2.31. The molecule has 0 unspecified atom stereocenters. The smallest absolute Gasteiger partial charge is 0.258 e. The second-order valence-electron chi connectivity index (χ2n) is 4.64. The molecule has 0 bridgehead atoms. The lowest BCUT2D eigenvalue weighted by molar-refractivity contribution is 0.102. The van der Waals surface area contributed by atoms with Gasteiger partial charge in [0.25, 0.3) is 5.91 Å². The highest BCUT2D eigenvalue weighted by molar-refractivity contribution is 6.32. The topological polar surface area (TPSA) is 104 Å². The molecule has 0 aliphatic heterocycles. The summed E-state index contributed by atoms with van der Waals surface area (Å²) in [6.45, 7) is 0. The normalized spacial score (nSPS) is 10.0. The third-order valence-electron chi connectivity index (χ3n) is 3.07. The van der Waals surface area contributed by atoms with Crippen molar-refractivity contribution in [3.63, 3.8) is 0 Å². The lowest BCUT2D eigenvalue weighted by Gasteiger charge is -2.10. The Labute approximate surface area is 141 Å². The van der Waals surface area contributed by atoms with Crippen LogP contribution in [-0.4, -0.2) is 21.1 Å². The first-order valence-corrected chi connectivity index (χ1v) is 7.18. The van der Waals surface area contributed by atoms with Crippen LogP contribution in [0.25, 0.3) is 0 Å². The number of amides is 1. The average Bonchev–Trinajstić information content (AvgIpc) is 3.10. The monoisotopic (exact) mass is 339 g/mol. The number of hydrogen-bond donors (Lipinski definition) is 2. The van der Waals surface area contributed by atoms with E-state index in [4.69, 9.17) is 21.6 Å². The molecule has 1 heterocycles. The second kappa shape index (κ2) is 6.81. The van der Waals surface area contributed by atoms with E-state index in [0.29, 0.717) is 22.6 Å². The SMILES string of the molecule is N#Cc1ccccc1Oc1ccc(C(=O)Nc2ncn[nH]2)cc1Cl. The first-order valence-electron chi connectivity index (χ1n) is 6.80. The zero-order valence-electron chi connectivity index (χ0n) is 12.2. The van der Waals surface area contributed by atoms with Crippen LogP contribution in [-0.2, 0) is 0 Å². The Morgan fingerprint density at radius 1 is 1.25 bits per heavy atom. The molecule has 0 saturated carbocycles. The molecule has 7 nitrogen and oxygen atoms in total. The first kappa shape index (κ1) is 15.5. The molecular formula is C16H10ClN5O2. The van der Waals surface area contributed by atoms with Crippen molar-refractivity contribution in [1.82, 2.24) is 15.2 Å². The van der Waals surface area contributed by atoms with Crippen molar-refractivity contribution >= 4 is 23.5 Å². The van der Waals surface area contributed by atoms with Crippen molar-refractivity contribution in [1.29, 1.82) is 5.26 Å². The van der Waals surface area contributed by atoms with Crippen LogP contribution in [0.3, 0.4) is 0 Å². The molecular weight excluding hydrogens is 330 g/mol. The van der Waals surface area contributed by atoms with E-state index < -0.39 is 5.91 Å². The minimum absolute atomic E-state index is 0.236. The van der Waals surface area contributed by atoms with Gasteiger partial charge in [-0.3, -0.25) is 10.1 Å². The average molecular weight is 340 g/mol. The Morgan fingerprint density at radius 3 is 2.79 bits per heavy atom. The Bertz CT molecular complexity index is 918. The Hall–Kier alpha value is -3.37. The number of ether oxygens (including phenoxy) is 1. The molecule has 2 aromatic carbocycles. The number of nitrogens with zero attached hydrogens (tertiary/aromatic N) is 3. The van der Waals surface area contributed by atoms with Gasteiger partial charge in [0.2, 0.25) is 5.95 Å². The summed E-state index contributed by atoms with van der Waals surface area (Å²) in [6.07, 6.45) is 1.28. The number of benzene rings is 2. The molecule has 0 atom stereocenters. The highest BCUT2D eigenvalue weighted by atomic mass is 35.5. The predicted molar refractivity (Wildman–Crippen MR) is 87.0 cm³/mol. The number of nitriles is 1. The van der Waals surface area contributed by atoms with Gasteiger partial charge in [-0.05, 0) is 30.3 Å². The predicted octanol–water partition coefficient (Wildman–Crippen LogP) is 3.37. The molecule has 2 N–H and O–H groups in total. The van der Waals surface area contributed by atoms with Crippen LogP contribution >= 0.6 is 11.6 Å². The summed E-state index contributed by atoms with van der Waals surface area (Å²) in [7, 11) is 0. The summed E-state index contributed by atoms with van der Waals surface area (Å²) < 4.78 is 5.66. The van der Waals surface area contributed by atoms with E-state index in [2.05, 4.69) is 20.5 Å². The number of carbonyl (C=O) groups is 1. The molecule has 0 spiro atoms. The molecule has 118 valence electrons. The van der Waals surface area contributed by atoms with Gasteiger partial charge in [0.15, 0.2) is 0 Å². The number of carbonyl (C=O) groups excluding carboxylic acids is 1. The standard InChI is InChI=1S/C16H10ClN5O2/c17-12-7-10(15(23)21-16-19-9-20-22-16)5-6-14(12)24-13-4-2-1-3-11(13)8-18/h1-7,9H,(H2,19,20,21,22,23). The van der Waals surface area contributed by atoms with Crippen molar-refractivity contribution in [3.05, 3.63) is 64.9 Å². The van der Waals surface area contributed by atoms with Gasteiger partial charge in [-0.25, -0.2) is 5.10 Å². The number of para-hydroxylation sites is 1. The molecule has 1 amide bonds. The van der Waals surface area contributed by atoms with E-state index in [0.717, 1.165) is 0 Å². The maximum Gasteiger partial charge on any atom is 0.258 e. The Kier molecular flexibility index (Phi) is 4.40. The molecule has 3 aromatic rings. The molecule has 1 aromatic heterocycles. The largest absolute Gasteiger partial charge is 0.454 e. The van der Waals surface area contributed by atoms with E-state index in [9.17, 15) is 4.79 Å². The summed E-state index contributed by atoms with van der Waals surface area (Å²) in [5.41, 5.74) is 0.720. The number of hydrogen-bond acceptors (Lipinski definition) is 5. The van der Waals surface area contributed by atoms with E-state index in [1.165, 1.54) is 12.4 Å². The maximum absolute atomic E-state index is 12.1. The number of H-pyrrole nitrogens is 1. The van der Waals surface area contributed by atoms with E-state index in [1.807, 2.05) is 6.07 Å². The molecule has 0 fully saturated rings. The number of halogens is 1. The lowest BCUT2D eigenvalue weighted by Crippen LogP contribution is -2.13. The zero-order chi connectivity index (χ0) is 16.9. The summed E-state index contributed by atoms with van der Waals surface area (Å²) in [4.78, 5) is 15.9. The van der Waals surface area contributed by atoms with E-state index in [-0.39, 0.29) is 11.0 Å². The summed E-state index contributed by atoms with van der Waals surface area (Å²) in [5, 5.41) is 18.0. The Balaban J connectivity index is 1.80. The van der Waals surface area contributed by atoms with Crippen molar-refractivity contribution in [2.24, 2.45) is 0 Å². The van der Waals surface area contributed by atoms with Crippen LogP contribution in [0, 0.1) is 11.3 Å². The molecule has 8 heteroatoms. The summed E-state index contributed by atoms with van der Waals surface area (Å²) in [5.74, 6) is 0.577. The highest BCUT2D eigenvalue weighted by Gasteiger charge is 2.12. The first-order chi connectivity index (χ1) is 11.7. The fraction of sp³-hybridized carbons (Fsp3) is 0. The van der Waals surface area contributed by atoms with Gasteiger partial charge in [0, 0.05) is 5.56 Å². The van der Waals surface area contributed by atoms with Gasteiger partial charge >= 0.3 is 0 Å². The van der Waals surface area contributed by atoms with Crippen LogP contribution in [0.15, 0.2) is 48.8 Å². The number of aromatic amines is 1. The van der Waals surface area contributed by atoms with Crippen LogP contribution in [0.1, 0.15) is 15.9 Å². The fourth-order valence-electron chi connectivity index (χ4n) is 1.94. The van der Waals surface area contributed by atoms with Gasteiger partial charge in [0.05, 0.1) is 10.6 Å². The molecule has 0 aliphatic carbocycles. The van der Waals surface area contributed by atoms with Crippen molar-refractivity contribution in [2.45, 2.75) is 0 Å². The molecule has 24 heavy (non-hydrogen) atoms. The lowest BCUT2D eigenvalue weighted by atomic mass is 10.2. The molecule has 0 radical (unpaired) electrons. The van der Waals surface area contributed by atoms with Crippen molar-refractivity contribution < 1.29 is 9.53 Å². The maximum atomic E-state index is 12.1. The minimum Gasteiger partial charge on any atom is -0.454 e. The molecule has 3 rings (SSSR count). The fourth-order valence-corrected chi connectivity index (χ4v) is 2.16. The van der Waals surface area contributed by atoms with Gasteiger partial charge in [-0.2, -0.15) is 15.3 Å². The third kappa shape index (κ3) is 3.34. The third-order valence-corrected chi connectivity index (χ3v) is 3.36. The number of anilines is 1. The minimum atomic E-state index is -0.391. The number of rotatable bonds is 4. The summed E-state index contributed by atoms with van der Waals surface area (Å²) >= 11 is 6.18. The van der Waals surface area contributed by atoms with Crippen LogP contribution in [0.2, 0.25) is 5.02 Å². The van der Waals surface area contributed by atoms with E-state index in [1.54, 1.807) is 36.4 Å².